The Morgan fingerprint density at radius 1 is 0.581 bits per heavy atom. The van der Waals surface area contributed by atoms with Crippen molar-refractivity contribution in [3.63, 3.8) is 0 Å². The molecule has 0 radical (unpaired) electrons. The van der Waals surface area contributed by atoms with E-state index in [1.807, 2.05) is 29.6 Å². The van der Waals surface area contributed by atoms with Crippen LogP contribution in [-0.2, 0) is 5.41 Å². The fraction of sp³-hybridized carbons (Fsp3) is 0.0769. The molecule has 2 aliphatic rings. The van der Waals surface area contributed by atoms with E-state index in [1.54, 1.807) is 0 Å². The molecule has 6 aromatic carbocycles. The summed E-state index contributed by atoms with van der Waals surface area (Å²) in [5, 5.41) is 4.83. The van der Waals surface area contributed by atoms with Gasteiger partial charge in [0.05, 0.1) is 16.7 Å². The lowest BCUT2D eigenvalue weighted by molar-refractivity contribution is 0.658. The SMILES string of the molecule is CC1(C)c2cc3c(cc2-c2c1ccc1c4ccccc4n(-c4cccc5c4oc4ccccc45)c21)Sc1ccccc1S3. The molecule has 0 saturated heterocycles. The number of hydrogen-bond acceptors (Lipinski definition) is 3. The van der Waals surface area contributed by atoms with Crippen LogP contribution in [0.4, 0.5) is 0 Å². The molecule has 8 aromatic rings. The first-order chi connectivity index (χ1) is 21.1. The monoisotopic (exact) mass is 587 g/mol. The molecule has 1 aliphatic carbocycles. The van der Waals surface area contributed by atoms with Crippen LogP contribution in [0, 0.1) is 0 Å². The highest BCUT2D eigenvalue weighted by Gasteiger charge is 2.39. The highest BCUT2D eigenvalue weighted by atomic mass is 32.2. The number of nitrogens with zero attached hydrogens (tertiary/aromatic N) is 1. The van der Waals surface area contributed by atoms with Crippen LogP contribution >= 0.6 is 23.5 Å². The van der Waals surface area contributed by atoms with Gasteiger partial charge < -0.3 is 8.98 Å². The third kappa shape index (κ3) is 3.12. The molecule has 0 fully saturated rings. The first-order valence-corrected chi connectivity index (χ1v) is 16.3. The van der Waals surface area contributed by atoms with E-state index >= 15 is 0 Å². The Morgan fingerprint density at radius 2 is 1.28 bits per heavy atom. The molecule has 204 valence electrons. The highest BCUT2D eigenvalue weighted by molar-refractivity contribution is 8.05. The Bertz CT molecular complexity index is 2500. The molecule has 0 spiro atoms. The molecule has 0 amide bonds. The van der Waals surface area contributed by atoms with Gasteiger partial charge in [-0.3, -0.25) is 0 Å². The van der Waals surface area contributed by atoms with Crippen molar-refractivity contribution < 1.29 is 4.42 Å². The van der Waals surface area contributed by atoms with Gasteiger partial charge in [-0.05, 0) is 59.2 Å². The number of benzene rings is 6. The zero-order chi connectivity index (χ0) is 28.4. The van der Waals surface area contributed by atoms with Crippen molar-refractivity contribution in [2.45, 2.75) is 38.8 Å². The van der Waals surface area contributed by atoms with Gasteiger partial charge in [-0.1, -0.05) is 110 Å². The second-order valence-corrected chi connectivity index (χ2v) is 14.3. The van der Waals surface area contributed by atoms with Gasteiger partial charge in [0.2, 0.25) is 0 Å². The normalized spacial score (nSPS) is 14.7. The summed E-state index contributed by atoms with van der Waals surface area (Å²) in [4.78, 5) is 5.37. The fourth-order valence-corrected chi connectivity index (χ4v) is 9.73. The predicted molar refractivity (Wildman–Crippen MR) is 180 cm³/mol. The summed E-state index contributed by atoms with van der Waals surface area (Å²) in [5.74, 6) is 0. The largest absolute Gasteiger partial charge is 0.454 e. The third-order valence-corrected chi connectivity index (χ3v) is 12.0. The first kappa shape index (κ1) is 24.1. The average Bonchev–Trinajstić information content (AvgIpc) is 3.65. The summed E-state index contributed by atoms with van der Waals surface area (Å²) < 4.78 is 9.08. The lowest BCUT2D eigenvalue weighted by atomic mass is 9.82. The van der Waals surface area contributed by atoms with E-state index in [4.69, 9.17) is 4.42 Å². The molecule has 2 nitrogen and oxygen atoms in total. The van der Waals surface area contributed by atoms with E-state index < -0.39 is 0 Å². The van der Waals surface area contributed by atoms with Crippen molar-refractivity contribution in [3.8, 4) is 16.8 Å². The van der Waals surface area contributed by atoms with Crippen LogP contribution in [0.5, 0.6) is 0 Å². The molecule has 3 heterocycles. The Kier molecular flexibility index (Phi) is 4.69. The van der Waals surface area contributed by atoms with Crippen molar-refractivity contribution in [2.24, 2.45) is 0 Å². The first-order valence-electron chi connectivity index (χ1n) is 14.7. The number of fused-ring (bicyclic) bond motifs is 12. The minimum atomic E-state index is -0.122. The van der Waals surface area contributed by atoms with Gasteiger partial charge in [0, 0.05) is 52.1 Å². The molecule has 0 atom stereocenters. The van der Waals surface area contributed by atoms with Crippen LogP contribution in [0.1, 0.15) is 25.0 Å². The maximum absolute atomic E-state index is 6.62. The topological polar surface area (TPSA) is 18.1 Å². The number of aromatic nitrogens is 1. The summed E-state index contributed by atoms with van der Waals surface area (Å²) >= 11 is 3.80. The molecule has 43 heavy (non-hydrogen) atoms. The molecule has 0 saturated carbocycles. The van der Waals surface area contributed by atoms with Crippen LogP contribution in [0.15, 0.2) is 139 Å². The van der Waals surface area contributed by atoms with E-state index in [-0.39, 0.29) is 5.41 Å². The maximum Gasteiger partial charge on any atom is 0.159 e. The number of para-hydroxylation sites is 3. The van der Waals surface area contributed by atoms with E-state index in [0.717, 1.165) is 27.6 Å². The van der Waals surface area contributed by atoms with E-state index in [0.29, 0.717) is 0 Å². The van der Waals surface area contributed by atoms with Gasteiger partial charge in [0.15, 0.2) is 5.58 Å². The molecule has 0 N–H and O–H groups in total. The van der Waals surface area contributed by atoms with Gasteiger partial charge in [-0.25, -0.2) is 0 Å². The molecule has 10 rings (SSSR count). The zero-order valence-corrected chi connectivity index (χ0v) is 25.3. The zero-order valence-electron chi connectivity index (χ0n) is 23.6. The summed E-state index contributed by atoms with van der Waals surface area (Å²) in [6.07, 6.45) is 0. The molecular weight excluding hydrogens is 563 g/mol. The Hall–Kier alpha value is -4.38. The quantitative estimate of drug-likeness (QED) is 0.190. The molecular formula is C39H25NOS2. The lowest BCUT2D eigenvalue weighted by Crippen LogP contribution is -2.15. The van der Waals surface area contributed by atoms with E-state index in [1.165, 1.54) is 63.6 Å². The molecule has 4 heteroatoms. The number of furan rings is 1. The number of rotatable bonds is 1. The Labute approximate surface area is 257 Å². The molecule has 0 unspecified atom stereocenters. The third-order valence-electron chi connectivity index (χ3n) is 9.45. The average molecular weight is 588 g/mol. The predicted octanol–water partition coefficient (Wildman–Crippen LogP) is 11.6. The van der Waals surface area contributed by atoms with Gasteiger partial charge in [-0.2, -0.15) is 0 Å². The van der Waals surface area contributed by atoms with Crippen LogP contribution < -0.4 is 0 Å². The van der Waals surface area contributed by atoms with Crippen LogP contribution in [0.25, 0.3) is 60.6 Å². The second-order valence-electron chi connectivity index (χ2n) is 12.1. The van der Waals surface area contributed by atoms with Crippen molar-refractivity contribution in [2.75, 3.05) is 0 Å². The summed E-state index contributed by atoms with van der Waals surface area (Å²) in [6.45, 7) is 4.77. The maximum atomic E-state index is 6.62. The van der Waals surface area contributed by atoms with Gasteiger partial charge in [-0.15, -0.1) is 0 Å². The van der Waals surface area contributed by atoms with Crippen LogP contribution in [0.3, 0.4) is 0 Å². The lowest BCUT2D eigenvalue weighted by Gasteiger charge is -2.24. The van der Waals surface area contributed by atoms with E-state index in [2.05, 4.69) is 128 Å². The van der Waals surface area contributed by atoms with Gasteiger partial charge >= 0.3 is 0 Å². The Balaban J connectivity index is 1.33. The molecule has 2 aromatic heterocycles. The van der Waals surface area contributed by atoms with Crippen molar-refractivity contribution in [1.82, 2.24) is 4.57 Å². The number of hydrogen-bond donors (Lipinski definition) is 0. The minimum Gasteiger partial charge on any atom is -0.454 e. The highest BCUT2D eigenvalue weighted by Crippen LogP contribution is 2.57. The molecule has 0 bridgehead atoms. The summed E-state index contributed by atoms with van der Waals surface area (Å²) in [7, 11) is 0. The van der Waals surface area contributed by atoms with Gasteiger partial charge in [0.25, 0.3) is 0 Å². The van der Waals surface area contributed by atoms with Crippen molar-refractivity contribution in [3.05, 3.63) is 126 Å². The van der Waals surface area contributed by atoms with Crippen molar-refractivity contribution >= 4 is 67.3 Å². The van der Waals surface area contributed by atoms with Crippen LogP contribution in [-0.4, -0.2) is 4.57 Å². The standard InChI is InChI=1S/C39H25NOS2/c1-39(2)27-19-18-24-22-10-3-5-13-29(22)40(30-14-9-12-25-23-11-4-6-15-31(23)41-38(25)30)37(24)36(27)26-20-34-35(21-28(26)39)43-33-17-8-7-16-32(33)42-34/h3-21H,1-2H3. The smallest absolute Gasteiger partial charge is 0.159 e. The van der Waals surface area contributed by atoms with Crippen molar-refractivity contribution in [1.29, 1.82) is 0 Å². The van der Waals surface area contributed by atoms with E-state index in [9.17, 15) is 0 Å². The summed E-state index contributed by atoms with van der Waals surface area (Å²) in [5.41, 5.74) is 10.7. The molecule has 1 aliphatic heterocycles. The minimum absolute atomic E-state index is 0.122. The second kappa shape index (κ2) is 8.37. The fourth-order valence-electron chi connectivity index (χ4n) is 7.45. The Morgan fingerprint density at radius 3 is 2.12 bits per heavy atom. The van der Waals surface area contributed by atoms with Crippen LogP contribution in [0.2, 0.25) is 0 Å². The van der Waals surface area contributed by atoms with Gasteiger partial charge in [0.1, 0.15) is 5.58 Å². The summed E-state index contributed by atoms with van der Waals surface area (Å²) in [6, 6.07) is 42.2.